The van der Waals surface area contributed by atoms with Gasteiger partial charge in [-0.25, -0.2) is 4.39 Å². The van der Waals surface area contributed by atoms with E-state index in [4.69, 9.17) is 0 Å². The van der Waals surface area contributed by atoms with Crippen molar-refractivity contribution < 1.29 is 4.39 Å². The molecule has 0 amide bonds. The van der Waals surface area contributed by atoms with Gasteiger partial charge in [-0.05, 0) is 12.1 Å². The lowest BCUT2D eigenvalue weighted by molar-refractivity contribution is 0.583. The van der Waals surface area contributed by atoms with Crippen molar-refractivity contribution in [2.45, 2.75) is 13.0 Å². The maximum atomic E-state index is 13.5. The number of nitrogens with zero attached hydrogens (tertiary/aromatic N) is 3. The summed E-state index contributed by atoms with van der Waals surface area (Å²) in [6, 6.07) is 5.08. The molecule has 1 N–H and O–H groups in total. The SMILES string of the molecule is Cn1cnnc1CCNCc1ccc(Br)cc1F. The molecule has 1 heterocycles. The van der Waals surface area contributed by atoms with Gasteiger partial charge in [0.25, 0.3) is 0 Å². The summed E-state index contributed by atoms with van der Waals surface area (Å²) < 4.78 is 16.1. The number of nitrogens with one attached hydrogen (secondary N) is 1. The van der Waals surface area contributed by atoms with Gasteiger partial charge in [-0.3, -0.25) is 0 Å². The predicted octanol–water partition coefficient (Wildman–Crippen LogP) is 2.05. The molecule has 6 heteroatoms. The van der Waals surface area contributed by atoms with Gasteiger partial charge < -0.3 is 9.88 Å². The molecule has 0 bridgehead atoms. The second-order valence-electron chi connectivity index (χ2n) is 4.02. The van der Waals surface area contributed by atoms with Gasteiger partial charge in [0.1, 0.15) is 18.0 Å². The number of aryl methyl sites for hydroxylation is 1. The van der Waals surface area contributed by atoms with E-state index in [1.54, 1.807) is 12.4 Å². The van der Waals surface area contributed by atoms with Crippen molar-refractivity contribution in [1.29, 1.82) is 0 Å². The highest BCUT2D eigenvalue weighted by molar-refractivity contribution is 9.10. The fourth-order valence-corrected chi connectivity index (χ4v) is 1.95. The molecule has 1 aromatic heterocycles. The lowest BCUT2D eigenvalue weighted by Crippen LogP contribution is -2.18. The molecule has 0 unspecified atom stereocenters. The molecule has 1 aromatic carbocycles. The van der Waals surface area contributed by atoms with Gasteiger partial charge in [0, 0.05) is 36.6 Å². The van der Waals surface area contributed by atoms with Gasteiger partial charge in [0.05, 0.1) is 0 Å². The Kier molecular flexibility index (Phi) is 4.43. The lowest BCUT2D eigenvalue weighted by Gasteiger charge is -2.06. The van der Waals surface area contributed by atoms with Crippen molar-refractivity contribution in [2.24, 2.45) is 7.05 Å². The predicted molar refractivity (Wildman–Crippen MR) is 70.5 cm³/mol. The number of halogens is 2. The van der Waals surface area contributed by atoms with Crippen LogP contribution in [0, 0.1) is 5.82 Å². The van der Waals surface area contributed by atoms with Crippen molar-refractivity contribution >= 4 is 15.9 Å². The highest BCUT2D eigenvalue weighted by Gasteiger charge is 2.03. The number of hydrogen-bond donors (Lipinski definition) is 1. The van der Waals surface area contributed by atoms with E-state index in [1.165, 1.54) is 6.07 Å². The molecular weight excluding hydrogens is 299 g/mol. The minimum atomic E-state index is -0.199. The first-order valence-electron chi connectivity index (χ1n) is 5.64. The Morgan fingerprint density at radius 2 is 2.28 bits per heavy atom. The molecule has 96 valence electrons. The Labute approximate surface area is 113 Å². The van der Waals surface area contributed by atoms with Gasteiger partial charge in [-0.1, -0.05) is 22.0 Å². The van der Waals surface area contributed by atoms with E-state index in [9.17, 15) is 4.39 Å². The van der Waals surface area contributed by atoms with Crippen LogP contribution in [0.5, 0.6) is 0 Å². The van der Waals surface area contributed by atoms with E-state index in [0.717, 1.165) is 23.3 Å². The van der Waals surface area contributed by atoms with Crippen LogP contribution < -0.4 is 5.32 Å². The average molecular weight is 313 g/mol. The van der Waals surface area contributed by atoms with Crippen molar-refractivity contribution in [3.8, 4) is 0 Å². The minimum absolute atomic E-state index is 0.199. The van der Waals surface area contributed by atoms with E-state index < -0.39 is 0 Å². The van der Waals surface area contributed by atoms with E-state index in [1.807, 2.05) is 17.7 Å². The van der Waals surface area contributed by atoms with Crippen LogP contribution in [0.15, 0.2) is 29.0 Å². The zero-order valence-corrected chi connectivity index (χ0v) is 11.6. The summed E-state index contributed by atoms with van der Waals surface area (Å²) >= 11 is 3.23. The van der Waals surface area contributed by atoms with Crippen LogP contribution in [0.4, 0.5) is 4.39 Å². The third kappa shape index (κ3) is 3.36. The summed E-state index contributed by atoms with van der Waals surface area (Å²) in [5, 5.41) is 11.0. The van der Waals surface area contributed by atoms with Crippen LogP contribution in [0.2, 0.25) is 0 Å². The number of hydrogen-bond acceptors (Lipinski definition) is 3. The van der Waals surface area contributed by atoms with Crippen molar-refractivity contribution in [3.63, 3.8) is 0 Å². The summed E-state index contributed by atoms with van der Waals surface area (Å²) in [6.45, 7) is 1.25. The van der Waals surface area contributed by atoms with Gasteiger partial charge in [0.2, 0.25) is 0 Å². The Morgan fingerprint density at radius 1 is 1.44 bits per heavy atom. The van der Waals surface area contributed by atoms with Gasteiger partial charge in [-0.2, -0.15) is 0 Å². The first kappa shape index (κ1) is 13.2. The zero-order chi connectivity index (χ0) is 13.0. The molecule has 0 atom stereocenters. The number of benzene rings is 1. The third-order valence-corrected chi connectivity index (χ3v) is 3.15. The highest BCUT2D eigenvalue weighted by Crippen LogP contribution is 2.14. The molecule has 0 aliphatic carbocycles. The van der Waals surface area contributed by atoms with Gasteiger partial charge in [0.15, 0.2) is 0 Å². The van der Waals surface area contributed by atoms with Crippen LogP contribution in [0.3, 0.4) is 0 Å². The molecule has 0 radical (unpaired) electrons. The first-order chi connectivity index (χ1) is 8.66. The third-order valence-electron chi connectivity index (χ3n) is 2.66. The van der Waals surface area contributed by atoms with E-state index in [0.29, 0.717) is 12.1 Å². The first-order valence-corrected chi connectivity index (χ1v) is 6.43. The lowest BCUT2D eigenvalue weighted by atomic mass is 10.2. The molecule has 0 aliphatic heterocycles. The Hall–Kier alpha value is -1.27. The zero-order valence-electron chi connectivity index (χ0n) is 10.0. The van der Waals surface area contributed by atoms with Crippen molar-refractivity contribution in [1.82, 2.24) is 20.1 Å². The van der Waals surface area contributed by atoms with Crippen molar-refractivity contribution in [2.75, 3.05) is 6.54 Å². The number of rotatable bonds is 5. The molecule has 0 spiro atoms. The molecule has 18 heavy (non-hydrogen) atoms. The topological polar surface area (TPSA) is 42.7 Å². The fraction of sp³-hybridized carbons (Fsp3) is 0.333. The normalized spacial score (nSPS) is 10.8. The Bertz CT molecular complexity index is 527. The molecule has 0 saturated carbocycles. The van der Waals surface area contributed by atoms with Crippen LogP contribution in [0.1, 0.15) is 11.4 Å². The summed E-state index contributed by atoms with van der Waals surface area (Å²) in [5.41, 5.74) is 0.663. The smallest absolute Gasteiger partial charge is 0.133 e. The van der Waals surface area contributed by atoms with Gasteiger partial charge in [-0.15, -0.1) is 10.2 Å². The Balaban J connectivity index is 1.80. The van der Waals surface area contributed by atoms with E-state index in [2.05, 4.69) is 31.4 Å². The van der Waals surface area contributed by atoms with Crippen LogP contribution >= 0.6 is 15.9 Å². The highest BCUT2D eigenvalue weighted by atomic mass is 79.9. The molecule has 0 aliphatic rings. The maximum Gasteiger partial charge on any atom is 0.133 e. The fourth-order valence-electron chi connectivity index (χ4n) is 1.62. The standard InChI is InChI=1S/C12H14BrFN4/c1-18-8-16-17-12(18)4-5-15-7-9-2-3-10(13)6-11(9)14/h2-3,6,8,15H,4-5,7H2,1H3. The molecule has 2 aromatic rings. The van der Waals surface area contributed by atoms with Crippen LogP contribution in [-0.2, 0) is 20.0 Å². The van der Waals surface area contributed by atoms with Crippen LogP contribution in [-0.4, -0.2) is 21.3 Å². The quantitative estimate of drug-likeness (QED) is 0.859. The minimum Gasteiger partial charge on any atom is -0.321 e. The molecule has 0 saturated heterocycles. The van der Waals surface area contributed by atoms with Crippen LogP contribution in [0.25, 0.3) is 0 Å². The average Bonchev–Trinajstić information content (AvgIpc) is 2.73. The summed E-state index contributed by atoms with van der Waals surface area (Å²) in [6.07, 6.45) is 2.44. The summed E-state index contributed by atoms with van der Waals surface area (Å²) in [5.74, 6) is 0.717. The molecule has 4 nitrogen and oxygen atoms in total. The largest absolute Gasteiger partial charge is 0.321 e. The van der Waals surface area contributed by atoms with Gasteiger partial charge >= 0.3 is 0 Å². The molecular formula is C12H14BrFN4. The van der Waals surface area contributed by atoms with E-state index >= 15 is 0 Å². The number of aromatic nitrogens is 3. The second kappa shape index (κ2) is 6.06. The maximum absolute atomic E-state index is 13.5. The molecule has 2 rings (SSSR count). The monoisotopic (exact) mass is 312 g/mol. The Morgan fingerprint density at radius 3 is 2.94 bits per heavy atom. The second-order valence-corrected chi connectivity index (χ2v) is 4.94. The van der Waals surface area contributed by atoms with E-state index in [-0.39, 0.29) is 5.82 Å². The summed E-state index contributed by atoms with van der Waals surface area (Å²) in [4.78, 5) is 0. The summed E-state index contributed by atoms with van der Waals surface area (Å²) in [7, 11) is 1.91. The van der Waals surface area contributed by atoms with Crippen molar-refractivity contribution in [3.05, 3.63) is 46.2 Å². The molecule has 0 fully saturated rings.